The van der Waals surface area contributed by atoms with E-state index in [4.69, 9.17) is 4.74 Å². The van der Waals surface area contributed by atoms with Gasteiger partial charge in [0.2, 0.25) is 5.91 Å². The normalized spacial score (nSPS) is 13.8. The van der Waals surface area contributed by atoms with Crippen LogP contribution in [0, 0.1) is 0 Å². The van der Waals surface area contributed by atoms with Gasteiger partial charge < -0.3 is 20.3 Å². The second-order valence-electron chi connectivity index (χ2n) is 17.2. The summed E-state index contributed by atoms with van der Waals surface area (Å²) in [5.41, 5.74) is 0. The lowest BCUT2D eigenvalue weighted by molar-refractivity contribution is -0.151. The highest BCUT2D eigenvalue weighted by molar-refractivity contribution is 5.77. The SMILES string of the molecule is CCC/C=C\CCCCCC(CC(=O)NC(CO)C(O)CCCCCCCCCCCCCCCCCC)OC(=O)CCC/C=C\C/C=C\C/C=C\C/C=C\CCCCC. The van der Waals surface area contributed by atoms with Crippen molar-refractivity contribution in [1.29, 1.82) is 0 Å². The first-order chi connectivity index (χ1) is 29.5. The lowest BCUT2D eigenvalue weighted by Gasteiger charge is -2.24. The third kappa shape index (κ3) is 42.3. The smallest absolute Gasteiger partial charge is 0.306 e. The van der Waals surface area contributed by atoms with Gasteiger partial charge in [0.1, 0.15) is 6.10 Å². The van der Waals surface area contributed by atoms with Crippen LogP contribution in [0.4, 0.5) is 0 Å². The molecule has 0 aliphatic rings. The molecule has 0 radical (unpaired) electrons. The van der Waals surface area contributed by atoms with E-state index in [-0.39, 0.29) is 24.9 Å². The number of allylic oxidation sites excluding steroid dienone is 10. The van der Waals surface area contributed by atoms with Crippen LogP contribution in [0.1, 0.15) is 245 Å². The van der Waals surface area contributed by atoms with Crippen molar-refractivity contribution in [1.82, 2.24) is 5.32 Å². The summed E-state index contributed by atoms with van der Waals surface area (Å²) in [4.78, 5) is 26.0. The first-order valence-corrected chi connectivity index (χ1v) is 25.5. The van der Waals surface area contributed by atoms with Gasteiger partial charge in [-0.05, 0) is 83.5 Å². The molecule has 3 unspecified atom stereocenters. The van der Waals surface area contributed by atoms with Gasteiger partial charge >= 0.3 is 5.97 Å². The maximum atomic E-state index is 13.1. The maximum absolute atomic E-state index is 13.1. The summed E-state index contributed by atoms with van der Waals surface area (Å²) in [5.74, 6) is -0.560. The van der Waals surface area contributed by atoms with Crippen LogP contribution in [0.3, 0.4) is 0 Å². The predicted octanol–water partition coefficient (Wildman–Crippen LogP) is 15.2. The first-order valence-electron chi connectivity index (χ1n) is 25.5. The Balaban J connectivity index is 4.49. The molecule has 3 atom stereocenters. The highest BCUT2D eigenvalue weighted by atomic mass is 16.5. The predicted molar refractivity (Wildman–Crippen MR) is 259 cm³/mol. The summed E-state index contributed by atoms with van der Waals surface area (Å²) < 4.78 is 5.86. The van der Waals surface area contributed by atoms with E-state index in [9.17, 15) is 19.8 Å². The fraction of sp³-hybridized carbons (Fsp3) is 0.778. The van der Waals surface area contributed by atoms with E-state index >= 15 is 0 Å². The number of aliphatic hydroxyl groups excluding tert-OH is 2. The summed E-state index contributed by atoms with van der Waals surface area (Å²) >= 11 is 0. The highest BCUT2D eigenvalue weighted by Crippen LogP contribution is 2.17. The zero-order chi connectivity index (χ0) is 43.8. The Hall–Kier alpha value is -2.44. The molecule has 348 valence electrons. The summed E-state index contributed by atoms with van der Waals surface area (Å²) in [6.45, 7) is 6.37. The Morgan fingerprint density at radius 1 is 0.483 bits per heavy atom. The molecule has 0 aliphatic heterocycles. The number of carbonyl (C=O) groups excluding carboxylic acids is 2. The van der Waals surface area contributed by atoms with Crippen LogP contribution in [-0.4, -0.2) is 46.9 Å². The Kier molecular flexibility index (Phi) is 45.7. The molecule has 0 rings (SSSR count). The number of nitrogens with one attached hydrogen (secondary N) is 1. The van der Waals surface area contributed by atoms with Gasteiger partial charge in [0.25, 0.3) is 0 Å². The zero-order valence-corrected chi connectivity index (χ0v) is 39.6. The van der Waals surface area contributed by atoms with Gasteiger partial charge in [0.05, 0.1) is 25.2 Å². The minimum absolute atomic E-state index is 0.0432. The molecular weight excluding hydrogens is 743 g/mol. The highest BCUT2D eigenvalue weighted by Gasteiger charge is 2.24. The quantitative estimate of drug-likeness (QED) is 0.0322. The molecule has 0 fully saturated rings. The molecular formula is C54H97NO5. The van der Waals surface area contributed by atoms with E-state index < -0.39 is 18.2 Å². The standard InChI is InChI=1S/C54H97NO5/c1-4-7-10-13-16-19-21-23-25-27-29-31-33-35-38-41-44-47-54(59)60-50(45-42-39-36-18-15-12-9-6-3)48-53(58)55-51(49-56)52(57)46-43-40-37-34-32-30-28-26-24-22-20-17-14-11-8-5-2/h12,15-16,19,23,25,29,31,35,38,50-52,56-57H,4-11,13-14,17-18,20-22,24,26-28,30,32-34,36-37,39-49H2,1-3H3,(H,55,58)/b15-12-,19-16-,25-23-,31-29-,38-35-. The van der Waals surface area contributed by atoms with E-state index in [1.807, 2.05) is 0 Å². The average Bonchev–Trinajstić information content (AvgIpc) is 3.24. The van der Waals surface area contributed by atoms with Gasteiger partial charge in [-0.3, -0.25) is 9.59 Å². The van der Waals surface area contributed by atoms with Gasteiger partial charge in [-0.25, -0.2) is 0 Å². The summed E-state index contributed by atoms with van der Waals surface area (Å²) in [5, 5.41) is 23.7. The van der Waals surface area contributed by atoms with Crippen molar-refractivity contribution in [2.45, 2.75) is 264 Å². The van der Waals surface area contributed by atoms with Gasteiger partial charge in [0.15, 0.2) is 0 Å². The number of rotatable bonds is 45. The van der Waals surface area contributed by atoms with Gasteiger partial charge in [-0.15, -0.1) is 0 Å². The largest absolute Gasteiger partial charge is 0.462 e. The van der Waals surface area contributed by atoms with Crippen LogP contribution < -0.4 is 5.32 Å². The molecule has 0 spiro atoms. The molecule has 1 amide bonds. The first kappa shape index (κ1) is 57.6. The minimum atomic E-state index is -0.801. The molecule has 0 aromatic carbocycles. The van der Waals surface area contributed by atoms with Crippen molar-refractivity contribution in [2.24, 2.45) is 0 Å². The van der Waals surface area contributed by atoms with Crippen molar-refractivity contribution >= 4 is 11.9 Å². The number of ether oxygens (including phenoxy) is 1. The number of hydrogen-bond acceptors (Lipinski definition) is 5. The Bertz CT molecular complexity index is 1080. The van der Waals surface area contributed by atoms with E-state index in [1.165, 1.54) is 109 Å². The topological polar surface area (TPSA) is 95.9 Å². The molecule has 60 heavy (non-hydrogen) atoms. The fourth-order valence-corrected chi connectivity index (χ4v) is 7.42. The number of unbranched alkanes of at least 4 members (excludes halogenated alkanes) is 23. The lowest BCUT2D eigenvalue weighted by atomic mass is 10.0. The summed E-state index contributed by atoms with van der Waals surface area (Å²) in [7, 11) is 0. The molecule has 6 nitrogen and oxygen atoms in total. The Labute approximate surface area is 371 Å². The van der Waals surface area contributed by atoms with Crippen molar-refractivity contribution in [3.63, 3.8) is 0 Å². The molecule has 0 aliphatic carbocycles. The van der Waals surface area contributed by atoms with Crippen molar-refractivity contribution in [2.75, 3.05) is 6.61 Å². The van der Waals surface area contributed by atoms with E-state index in [1.54, 1.807) is 0 Å². The molecule has 0 aromatic rings. The average molecular weight is 840 g/mol. The molecule has 0 bridgehead atoms. The number of aliphatic hydroxyl groups is 2. The number of amides is 1. The second kappa shape index (κ2) is 47.6. The van der Waals surface area contributed by atoms with Crippen molar-refractivity contribution < 1.29 is 24.5 Å². The lowest BCUT2D eigenvalue weighted by Crippen LogP contribution is -2.46. The van der Waals surface area contributed by atoms with E-state index in [2.05, 4.69) is 86.8 Å². The van der Waals surface area contributed by atoms with E-state index in [0.29, 0.717) is 25.7 Å². The van der Waals surface area contributed by atoms with Crippen LogP contribution in [0.15, 0.2) is 60.8 Å². The van der Waals surface area contributed by atoms with Gasteiger partial charge in [-0.2, -0.15) is 0 Å². The second-order valence-corrected chi connectivity index (χ2v) is 17.2. The number of esters is 1. The number of carbonyl (C=O) groups is 2. The molecule has 0 heterocycles. The van der Waals surface area contributed by atoms with Crippen LogP contribution in [0.5, 0.6) is 0 Å². The molecule has 0 saturated carbocycles. The van der Waals surface area contributed by atoms with Gasteiger partial charge in [-0.1, -0.05) is 210 Å². The molecule has 6 heteroatoms. The minimum Gasteiger partial charge on any atom is -0.462 e. The third-order valence-electron chi connectivity index (χ3n) is 11.3. The summed E-state index contributed by atoms with van der Waals surface area (Å²) in [6.07, 6.45) is 58.7. The van der Waals surface area contributed by atoms with Crippen LogP contribution in [0.25, 0.3) is 0 Å². The fourth-order valence-electron chi connectivity index (χ4n) is 7.42. The number of hydrogen-bond donors (Lipinski definition) is 3. The van der Waals surface area contributed by atoms with Crippen LogP contribution in [0.2, 0.25) is 0 Å². The molecule has 3 N–H and O–H groups in total. The zero-order valence-electron chi connectivity index (χ0n) is 39.6. The van der Waals surface area contributed by atoms with Crippen LogP contribution >= 0.6 is 0 Å². The van der Waals surface area contributed by atoms with Crippen LogP contribution in [-0.2, 0) is 14.3 Å². The Morgan fingerprint density at radius 2 is 0.883 bits per heavy atom. The van der Waals surface area contributed by atoms with Gasteiger partial charge in [0, 0.05) is 6.42 Å². The Morgan fingerprint density at radius 3 is 1.40 bits per heavy atom. The molecule has 0 saturated heterocycles. The third-order valence-corrected chi connectivity index (χ3v) is 11.3. The molecule has 0 aromatic heterocycles. The summed E-state index contributed by atoms with van der Waals surface area (Å²) in [6, 6.07) is -0.717. The monoisotopic (exact) mass is 840 g/mol. The maximum Gasteiger partial charge on any atom is 0.306 e. The van der Waals surface area contributed by atoms with Crippen molar-refractivity contribution in [3.05, 3.63) is 60.8 Å². The van der Waals surface area contributed by atoms with E-state index in [0.717, 1.165) is 83.5 Å². The van der Waals surface area contributed by atoms with Crippen molar-refractivity contribution in [3.8, 4) is 0 Å².